The molecule has 2 aromatic carbocycles. The van der Waals surface area contributed by atoms with Crippen LogP contribution in [0.3, 0.4) is 0 Å². The lowest BCUT2D eigenvalue weighted by Crippen LogP contribution is -2.11. The Bertz CT molecular complexity index is 990. The third kappa shape index (κ3) is 3.25. The highest BCUT2D eigenvalue weighted by molar-refractivity contribution is 7.90. The second-order valence-corrected chi connectivity index (χ2v) is 8.24. The molecule has 1 N–H and O–H groups in total. The maximum atomic E-state index is 12.2. The highest BCUT2D eigenvalue weighted by atomic mass is 32.2. The zero-order valence-electron chi connectivity index (χ0n) is 12.5. The molecule has 3 rings (SSSR count). The van der Waals surface area contributed by atoms with Crippen LogP contribution < -0.4 is 5.32 Å². The van der Waals surface area contributed by atoms with Gasteiger partial charge in [-0.25, -0.2) is 13.4 Å². The molecule has 0 saturated carbocycles. The Labute approximate surface area is 137 Å². The van der Waals surface area contributed by atoms with Gasteiger partial charge < -0.3 is 0 Å². The van der Waals surface area contributed by atoms with Crippen molar-refractivity contribution >= 4 is 42.4 Å². The number of rotatable bonds is 3. The van der Waals surface area contributed by atoms with Gasteiger partial charge >= 0.3 is 0 Å². The van der Waals surface area contributed by atoms with Crippen molar-refractivity contribution in [3.05, 3.63) is 53.6 Å². The van der Waals surface area contributed by atoms with Crippen molar-refractivity contribution < 1.29 is 13.2 Å². The van der Waals surface area contributed by atoms with Gasteiger partial charge in [-0.3, -0.25) is 10.1 Å². The smallest absolute Gasteiger partial charge is 0.257 e. The molecule has 3 aromatic rings. The summed E-state index contributed by atoms with van der Waals surface area (Å²) >= 11 is 1.40. The molecule has 0 fully saturated rings. The number of sulfone groups is 1. The van der Waals surface area contributed by atoms with E-state index in [1.165, 1.54) is 35.6 Å². The van der Waals surface area contributed by atoms with Crippen LogP contribution in [0, 0.1) is 6.92 Å². The lowest BCUT2D eigenvalue weighted by atomic mass is 10.2. The van der Waals surface area contributed by atoms with Crippen LogP contribution in [0.15, 0.2) is 47.4 Å². The first kappa shape index (κ1) is 15.6. The first-order valence-corrected chi connectivity index (χ1v) is 9.53. The van der Waals surface area contributed by atoms with Crippen molar-refractivity contribution in [3.8, 4) is 0 Å². The summed E-state index contributed by atoms with van der Waals surface area (Å²) in [6.07, 6.45) is 1.13. The van der Waals surface area contributed by atoms with Crippen molar-refractivity contribution in [1.82, 2.24) is 4.98 Å². The Kier molecular flexibility index (Phi) is 3.91. The summed E-state index contributed by atoms with van der Waals surface area (Å²) in [5, 5.41) is 3.27. The molecule has 0 unspecified atom stereocenters. The van der Waals surface area contributed by atoms with Gasteiger partial charge in [0.05, 0.1) is 15.1 Å². The van der Waals surface area contributed by atoms with E-state index in [2.05, 4.69) is 10.3 Å². The van der Waals surface area contributed by atoms with Crippen molar-refractivity contribution in [3.63, 3.8) is 0 Å². The summed E-state index contributed by atoms with van der Waals surface area (Å²) in [5.74, 6) is -0.318. The van der Waals surface area contributed by atoms with Crippen LogP contribution in [0.1, 0.15) is 15.9 Å². The summed E-state index contributed by atoms with van der Waals surface area (Å²) in [4.78, 5) is 16.9. The van der Waals surface area contributed by atoms with Crippen molar-refractivity contribution in [2.45, 2.75) is 11.8 Å². The van der Waals surface area contributed by atoms with Crippen molar-refractivity contribution in [1.29, 1.82) is 0 Å². The van der Waals surface area contributed by atoms with Gasteiger partial charge in [0.25, 0.3) is 5.91 Å². The van der Waals surface area contributed by atoms with E-state index in [0.717, 1.165) is 22.0 Å². The zero-order valence-corrected chi connectivity index (χ0v) is 14.2. The number of aryl methyl sites for hydroxylation is 1. The molecule has 23 heavy (non-hydrogen) atoms. The highest BCUT2D eigenvalue weighted by Gasteiger charge is 2.12. The number of para-hydroxylation sites is 1. The summed E-state index contributed by atoms with van der Waals surface area (Å²) in [6.45, 7) is 1.97. The molecule has 0 saturated heterocycles. The fraction of sp³-hybridized carbons (Fsp3) is 0.125. The fourth-order valence-electron chi connectivity index (χ4n) is 2.16. The second kappa shape index (κ2) is 5.75. The molecule has 7 heteroatoms. The van der Waals surface area contributed by atoms with Gasteiger partial charge in [-0.1, -0.05) is 23.5 Å². The Balaban J connectivity index is 1.84. The van der Waals surface area contributed by atoms with Gasteiger partial charge in [-0.2, -0.15) is 0 Å². The number of benzene rings is 2. The molecule has 118 valence electrons. The number of nitrogens with zero attached hydrogens (tertiary/aromatic N) is 1. The van der Waals surface area contributed by atoms with Gasteiger partial charge in [-0.05, 0) is 42.8 Å². The van der Waals surface area contributed by atoms with E-state index in [1.54, 1.807) is 0 Å². The fourth-order valence-corrected chi connectivity index (χ4v) is 3.73. The van der Waals surface area contributed by atoms with Crippen LogP contribution in [-0.2, 0) is 9.84 Å². The van der Waals surface area contributed by atoms with Gasteiger partial charge in [0.2, 0.25) is 0 Å². The lowest BCUT2D eigenvalue weighted by Gasteiger charge is -2.03. The number of amides is 1. The molecule has 5 nitrogen and oxygen atoms in total. The van der Waals surface area contributed by atoms with Crippen molar-refractivity contribution in [2.75, 3.05) is 11.6 Å². The second-order valence-electron chi connectivity index (χ2n) is 5.19. The highest BCUT2D eigenvalue weighted by Crippen LogP contribution is 2.28. The number of thiazole rings is 1. The molecule has 0 radical (unpaired) electrons. The summed E-state index contributed by atoms with van der Waals surface area (Å²) in [7, 11) is -3.27. The molecule has 0 spiro atoms. The normalized spacial score (nSPS) is 11.6. The number of carbonyl (C=O) groups is 1. The number of aromatic nitrogens is 1. The topological polar surface area (TPSA) is 76.1 Å². The Morgan fingerprint density at radius 3 is 2.43 bits per heavy atom. The van der Waals surface area contributed by atoms with Gasteiger partial charge in [0.1, 0.15) is 0 Å². The van der Waals surface area contributed by atoms with Crippen LogP contribution in [0.4, 0.5) is 5.13 Å². The molecular weight excluding hydrogens is 332 g/mol. The molecule has 1 heterocycles. The molecular formula is C16H14N2O3S2. The van der Waals surface area contributed by atoms with E-state index < -0.39 is 9.84 Å². The van der Waals surface area contributed by atoms with E-state index in [0.29, 0.717) is 10.7 Å². The Morgan fingerprint density at radius 1 is 1.13 bits per heavy atom. The van der Waals surface area contributed by atoms with Crippen LogP contribution in [0.25, 0.3) is 10.2 Å². The van der Waals surface area contributed by atoms with Crippen LogP contribution in [-0.4, -0.2) is 25.6 Å². The summed E-state index contributed by atoms with van der Waals surface area (Å²) < 4.78 is 23.9. The molecule has 0 aliphatic carbocycles. The minimum absolute atomic E-state index is 0.185. The van der Waals surface area contributed by atoms with Gasteiger partial charge in [0, 0.05) is 11.8 Å². The van der Waals surface area contributed by atoms with Crippen LogP contribution >= 0.6 is 11.3 Å². The van der Waals surface area contributed by atoms with E-state index in [1.807, 2.05) is 25.1 Å². The third-order valence-corrected chi connectivity index (χ3v) is 5.45. The molecule has 0 aliphatic heterocycles. The molecule has 1 aromatic heterocycles. The molecule has 0 aliphatic rings. The monoisotopic (exact) mass is 346 g/mol. The van der Waals surface area contributed by atoms with Gasteiger partial charge in [0.15, 0.2) is 15.0 Å². The molecule has 0 atom stereocenters. The van der Waals surface area contributed by atoms with Gasteiger partial charge in [-0.15, -0.1) is 0 Å². The molecule has 1 amide bonds. The van der Waals surface area contributed by atoms with E-state index >= 15 is 0 Å². The Morgan fingerprint density at radius 2 is 1.83 bits per heavy atom. The molecule has 0 bridgehead atoms. The number of carbonyl (C=O) groups excluding carboxylic acids is 1. The summed E-state index contributed by atoms with van der Waals surface area (Å²) in [5.41, 5.74) is 2.31. The predicted molar refractivity (Wildman–Crippen MR) is 91.9 cm³/mol. The number of anilines is 1. The minimum atomic E-state index is -3.27. The zero-order chi connectivity index (χ0) is 16.6. The number of fused-ring (bicyclic) bond motifs is 1. The predicted octanol–water partition coefficient (Wildman–Crippen LogP) is 3.26. The van der Waals surface area contributed by atoms with E-state index in [4.69, 9.17) is 0 Å². The SMILES string of the molecule is Cc1cccc2sc(NC(=O)c3ccc(S(C)(=O)=O)cc3)nc12. The van der Waals surface area contributed by atoms with E-state index in [-0.39, 0.29) is 10.8 Å². The maximum Gasteiger partial charge on any atom is 0.257 e. The number of hydrogen-bond acceptors (Lipinski definition) is 5. The minimum Gasteiger partial charge on any atom is -0.298 e. The Hall–Kier alpha value is -2.25. The maximum absolute atomic E-state index is 12.2. The summed E-state index contributed by atoms with van der Waals surface area (Å²) in [6, 6.07) is 11.7. The first-order chi connectivity index (χ1) is 10.8. The lowest BCUT2D eigenvalue weighted by molar-refractivity contribution is 0.102. The van der Waals surface area contributed by atoms with E-state index in [9.17, 15) is 13.2 Å². The van der Waals surface area contributed by atoms with Crippen LogP contribution in [0.5, 0.6) is 0 Å². The average Bonchev–Trinajstić information content (AvgIpc) is 2.90. The van der Waals surface area contributed by atoms with Crippen LogP contribution in [0.2, 0.25) is 0 Å². The average molecular weight is 346 g/mol. The third-order valence-electron chi connectivity index (χ3n) is 3.39. The number of hydrogen-bond donors (Lipinski definition) is 1. The number of nitrogens with one attached hydrogen (secondary N) is 1. The first-order valence-electron chi connectivity index (χ1n) is 6.82. The standard InChI is InChI=1S/C16H14N2O3S2/c1-10-4-3-5-13-14(10)17-16(22-13)18-15(19)11-6-8-12(9-7-11)23(2,20)21/h3-9H,1-2H3,(H,17,18,19). The largest absolute Gasteiger partial charge is 0.298 e. The van der Waals surface area contributed by atoms with Crippen molar-refractivity contribution in [2.24, 2.45) is 0 Å². The quantitative estimate of drug-likeness (QED) is 0.790.